The molecule has 1 amide bonds. The van der Waals surface area contributed by atoms with Gasteiger partial charge < -0.3 is 0 Å². The van der Waals surface area contributed by atoms with Crippen molar-refractivity contribution in [2.75, 3.05) is 4.90 Å². The Kier molecular flexibility index (Phi) is 3.09. The Bertz CT molecular complexity index is 406. The molecule has 2 nitrogen and oxygen atoms in total. The Morgan fingerprint density at radius 1 is 1.25 bits per heavy atom. The predicted octanol–water partition coefficient (Wildman–Crippen LogP) is 3.35. The molecule has 0 fully saturated rings. The summed E-state index contributed by atoms with van der Waals surface area (Å²) in [5.41, 5.74) is 2.13. The van der Waals surface area contributed by atoms with Crippen molar-refractivity contribution in [3.63, 3.8) is 0 Å². The minimum atomic E-state index is 0.182. The minimum absolute atomic E-state index is 0.182. The molecule has 1 aliphatic rings. The van der Waals surface area contributed by atoms with Crippen LogP contribution in [0.2, 0.25) is 0 Å². The third-order valence-electron chi connectivity index (χ3n) is 2.68. The second-order valence-electron chi connectivity index (χ2n) is 4.56. The number of nitrogens with zero attached hydrogens (tertiary/aromatic N) is 1. The Morgan fingerprint density at radius 2 is 1.94 bits per heavy atom. The molecule has 0 spiro atoms. The third kappa shape index (κ3) is 2.16. The van der Waals surface area contributed by atoms with E-state index in [-0.39, 0.29) is 5.91 Å². The fourth-order valence-corrected chi connectivity index (χ4v) is 2.03. The molecular formula is C14H17NO. The molecule has 2 rings (SSSR count). The third-order valence-corrected chi connectivity index (χ3v) is 2.68. The topological polar surface area (TPSA) is 20.3 Å². The number of hydrogen-bond acceptors (Lipinski definition) is 1. The number of benzene rings is 1. The van der Waals surface area contributed by atoms with Gasteiger partial charge in [-0.15, -0.1) is 0 Å². The zero-order valence-corrected chi connectivity index (χ0v) is 9.81. The number of carbonyl (C=O) groups is 1. The predicted molar refractivity (Wildman–Crippen MR) is 66.1 cm³/mol. The number of hydrogen-bond donors (Lipinski definition) is 0. The molecule has 0 saturated carbocycles. The van der Waals surface area contributed by atoms with Gasteiger partial charge in [-0.25, -0.2) is 0 Å². The maximum Gasteiger partial charge on any atom is 0.235 e. The van der Waals surface area contributed by atoms with Crippen LogP contribution >= 0.6 is 0 Å². The molecule has 2 heteroatoms. The fraction of sp³-hybridized carbons (Fsp3) is 0.357. The zero-order chi connectivity index (χ0) is 11.5. The van der Waals surface area contributed by atoms with Crippen molar-refractivity contribution in [1.29, 1.82) is 0 Å². The van der Waals surface area contributed by atoms with Crippen LogP contribution < -0.4 is 4.90 Å². The van der Waals surface area contributed by atoms with E-state index >= 15 is 0 Å². The van der Waals surface area contributed by atoms with Crippen molar-refractivity contribution in [1.82, 2.24) is 0 Å². The molecule has 1 aromatic rings. The van der Waals surface area contributed by atoms with E-state index in [1.807, 2.05) is 35.2 Å². The van der Waals surface area contributed by atoms with E-state index in [9.17, 15) is 4.79 Å². The monoisotopic (exact) mass is 215 g/mol. The van der Waals surface area contributed by atoms with E-state index in [2.05, 4.69) is 19.9 Å². The summed E-state index contributed by atoms with van der Waals surface area (Å²) in [5.74, 6) is 0.755. The number of rotatable bonds is 3. The van der Waals surface area contributed by atoms with Gasteiger partial charge in [0.1, 0.15) is 0 Å². The Balaban J connectivity index is 2.25. The van der Waals surface area contributed by atoms with Gasteiger partial charge in [-0.05, 0) is 24.5 Å². The highest BCUT2D eigenvalue weighted by Gasteiger charge is 2.24. The molecule has 16 heavy (non-hydrogen) atoms. The number of amides is 1. The van der Waals surface area contributed by atoms with Crippen LogP contribution in [0.4, 0.5) is 5.69 Å². The summed E-state index contributed by atoms with van der Waals surface area (Å²) in [5, 5.41) is 0. The van der Waals surface area contributed by atoms with Crippen LogP contribution in [0.3, 0.4) is 0 Å². The lowest BCUT2D eigenvalue weighted by Crippen LogP contribution is -2.25. The lowest BCUT2D eigenvalue weighted by atomic mass is 10.1. The first-order chi connectivity index (χ1) is 7.68. The molecule has 0 saturated heterocycles. The summed E-state index contributed by atoms with van der Waals surface area (Å²) < 4.78 is 0. The van der Waals surface area contributed by atoms with Crippen LogP contribution in [0.15, 0.2) is 42.1 Å². The largest absolute Gasteiger partial charge is 0.285 e. The van der Waals surface area contributed by atoms with Crippen LogP contribution in [0.25, 0.3) is 0 Å². The van der Waals surface area contributed by atoms with E-state index in [0.717, 1.165) is 17.8 Å². The lowest BCUT2D eigenvalue weighted by Gasteiger charge is -2.21. The molecule has 0 aliphatic carbocycles. The van der Waals surface area contributed by atoms with E-state index in [4.69, 9.17) is 0 Å². The summed E-state index contributed by atoms with van der Waals surface area (Å²) in [7, 11) is 0. The summed E-state index contributed by atoms with van der Waals surface area (Å²) >= 11 is 0. The first kappa shape index (κ1) is 10.9. The van der Waals surface area contributed by atoms with Crippen molar-refractivity contribution in [3.8, 4) is 0 Å². The average Bonchev–Trinajstić information content (AvgIpc) is 2.60. The molecule has 84 valence electrons. The van der Waals surface area contributed by atoms with E-state index < -0.39 is 0 Å². The van der Waals surface area contributed by atoms with Gasteiger partial charge in [0.25, 0.3) is 0 Å². The highest BCUT2D eigenvalue weighted by Crippen LogP contribution is 2.28. The molecule has 0 bridgehead atoms. The maximum absolute atomic E-state index is 11.8. The summed E-state index contributed by atoms with van der Waals surface area (Å²) in [6.07, 6.45) is 3.55. The molecule has 1 aromatic carbocycles. The quantitative estimate of drug-likeness (QED) is 0.757. The number of para-hydroxylation sites is 1. The van der Waals surface area contributed by atoms with Crippen molar-refractivity contribution in [2.45, 2.75) is 26.7 Å². The van der Waals surface area contributed by atoms with Crippen LogP contribution in [-0.2, 0) is 4.79 Å². The van der Waals surface area contributed by atoms with E-state index in [1.165, 1.54) is 0 Å². The van der Waals surface area contributed by atoms with Crippen molar-refractivity contribution >= 4 is 11.6 Å². The second kappa shape index (κ2) is 4.52. The standard InChI is InChI=1S/C14H17NO/c1-11(2)10-13-8-9-14(16)15(13)12-6-4-3-5-7-12/h3-8,11H,9-10H2,1-2H3. The fourth-order valence-electron chi connectivity index (χ4n) is 2.03. The maximum atomic E-state index is 11.8. The molecule has 0 radical (unpaired) electrons. The molecule has 0 N–H and O–H groups in total. The van der Waals surface area contributed by atoms with Gasteiger partial charge in [-0.3, -0.25) is 9.69 Å². The lowest BCUT2D eigenvalue weighted by molar-refractivity contribution is -0.116. The first-order valence-electron chi connectivity index (χ1n) is 5.75. The molecule has 0 unspecified atom stereocenters. The molecular weight excluding hydrogens is 198 g/mol. The van der Waals surface area contributed by atoms with Crippen LogP contribution in [-0.4, -0.2) is 5.91 Å². The molecule has 1 heterocycles. The number of anilines is 1. The van der Waals surface area contributed by atoms with Gasteiger partial charge in [0.15, 0.2) is 0 Å². The van der Waals surface area contributed by atoms with Crippen molar-refractivity contribution < 1.29 is 4.79 Å². The van der Waals surface area contributed by atoms with Gasteiger partial charge in [0.05, 0.1) is 0 Å². The van der Waals surface area contributed by atoms with Gasteiger partial charge >= 0.3 is 0 Å². The Labute approximate surface area is 96.6 Å². The normalized spacial score (nSPS) is 15.8. The first-order valence-corrected chi connectivity index (χ1v) is 5.75. The highest BCUT2D eigenvalue weighted by atomic mass is 16.2. The van der Waals surface area contributed by atoms with Gasteiger partial charge in [0.2, 0.25) is 5.91 Å². The molecule has 0 atom stereocenters. The van der Waals surface area contributed by atoms with Gasteiger partial charge in [0, 0.05) is 17.8 Å². The van der Waals surface area contributed by atoms with Crippen LogP contribution in [0.5, 0.6) is 0 Å². The highest BCUT2D eigenvalue weighted by molar-refractivity contribution is 6.00. The Hall–Kier alpha value is -1.57. The van der Waals surface area contributed by atoms with Crippen molar-refractivity contribution in [3.05, 3.63) is 42.1 Å². The summed E-state index contributed by atoms with van der Waals surface area (Å²) in [6, 6.07) is 9.87. The van der Waals surface area contributed by atoms with E-state index in [1.54, 1.807) is 0 Å². The smallest absolute Gasteiger partial charge is 0.235 e. The number of carbonyl (C=O) groups excluding carboxylic acids is 1. The second-order valence-corrected chi connectivity index (χ2v) is 4.56. The number of allylic oxidation sites excluding steroid dienone is 1. The van der Waals surface area contributed by atoms with Crippen molar-refractivity contribution in [2.24, 2.45) is 5.92 Å². The van der Waals surface area contributed by atoms with E-state index in [0.29, 0.717) is 12.3 Å². The van der Waals surface area contributed by atoms with Gasteiger partial charge in [-0.2, -0.15) is 0 Å². The van der Waals surface area contributed by atoms with Crippen LogP contribution in [0, 0.1) is 5.92 Å². The molecule has 1 aliphatic heterocycles. The minimum Gasteiger partial charge on any atom is -0.285 e. The average molecular weight is 215 g/mol. The SMILES string of the molecule is CC(C)CC1=CCC(=O)N1c1ccccc1. The van der Waals surface area contributed by atoms with Gasteiger partial charge in [-0.1, -0.05) is 38.1 Å². The summed E-state index contributed by atoms with van der Waals surface area (Å²) in [4.78, 5) is 13.7. The zero-order valence-electron chi connectivity index (χ0n) is 9.81. The summed E-state index contributed by atoms with van der Waals surface area (Å²) in [6.45, 7) is 4.35. The van der Waals surface area contributed by atoms with Crippen LogP contribution in [0.1, 0.15) is 26.7 Å². The molecule has 0 aromatic heterocycles. The Morgan fingerprint density at radius 3 is 2.56 bits per heavy atom.